The molecule has 0 saturated heterocycles. The number of ether oxygens (including phenoxy) is 2. The minimum absolute atomic E-state index is 0.0485. The lowest BCUT2D eigenvalue weighted by molar-refractivity contribution is -0.161. The van der Waals surface area contributed by atoms with Crippen LogP contribution in [0.15, 0.2) is 72.9 Å². The van der Waals surface area contributed by atoms with Crippen molar-refractivity contribution in [3.05, 3.63) is 72.9 Å². The summed E-state index contributed by atoms with van der Waals surface area (Å²) in [7, 11) is -4.39. The summed E-state index contributed by atoms with van der Waals surface area (Å²) in [5.74, 6) is -0.840. The van der Waals surface area contributed by atoms with Gasteiger partial charge in [0, 0.05) is 19.4 Å². The molecule has 0 amide bonds. The van der Waals surface area contributed by atoms with E-state index < -0.39 is 26.5 Å². The number of carbonyl (C=O) groups excluding carboxylic acids is 2. The fourth-order valence-corrected chi connectivity index (χ4v) is 8.17. The molecular formula is C56H100NO8P. The Morgan fingerprint density at radius 3 is 1.24 bits per heavy atom. The highest BCUT2D eigenvalue weighted by Gasteiger charge is 2.26. The third-order valence-corrected chi connectivity index (χ3v) is 12.3. The van der Waals surface area contributed by atoms with Gasteiger partial charge in [0.15, 0.2) is 6.10 Å². The average molecular weight is 946 g/mol. The third kappa shape index (κ3) is 50.9. The van der Waals surface area contributed by atoms with Crippen molar-refractivity contribution in [1.82, 2.24) is 0 Å². The van der Waals surface area contributed by atoms with Crippen LogP contribution in [0.5, 0.6) is 0 Å². The largest absolute Gasteiger partial charge is 0.472 e. The molecule has 0 aliphatic carbocycles. The summed E-state index contributed by atoms with van der Waals surface area (Å²) in [6.07, 6.45) is 65.1. The van der Waals surface area contributed by atoms with Gasteiger partial charge in [-0.2, -0.15) is 0 Å². The van der Waals surface area contributed by atoms with Gasteiger partial charge >= 0.3 is 19.8 Å². The summed E-state index contributed by atoms with van der Waals surface area (Å²) in [5, 5.41) is 0. The highest BCUT2D eigenvalue weighted by atomic mass is 31.2. The zero-order chi connectivity index (χ0) is 48.1. The fourth-order valence-electron chi connectivity index (χ4n) is 7.40. The quantitative estimate of drug-likeness (QED) is 0.0264. The van der Waals surface area contributed by atoms with Crippen LogP contribution in [0.4, 0.5) is 0 Å². The maximum atomic E-state index is 12.7. The van der Waals surface area contributed by atoms with Gasteiger partial charge in [-0.15, -0.1) is 0 Å². The molecule has 0 aliphatic heterocycles. The van der Waals surface area contributed by atoms with E-state index in [-0.39, 0.29) is 38.6 Å². The minimum Gasteiger partial charge on any atom is -0.462 e. The maximum absolute atomic E-state index is 12.7. The molecule has 0 aliphatic rings. The monoisotopic (exact) mass is 946 g/mol. The summed E-state index contributed by atoms with van der Waals surface area (Å²) in [4.78, 5) is 35.1. The number of phosphoric acid groups is 1. The number of hydrogen-bond acceptors (Lipinski definition) is 8. The van der Waals surface area contributed by atoms with Crippen molar-refractivity contribution in [3.8, 4) is 0 Å². The molecule has 0 aromatic carbocycles. The molecule has 0 saturated carbocycles. The molecule has 0 spiro atoms. The van der Waals surface area contributed by atoms with Crippen molar-refractivity contribution in [2.24, 2.45) is 5.73 Å². The lowest BCUT2D eigenvalue weighted by Gasteiger charge is -2.19. The van der Waals surface area contributed by atoms with E-state index in [1.165, 1.54) is 109 Å². The van der Waals surface area contributed by atoms with E-state index in [1.807, 2.05) is 0 Å². The first-order chi connectivity index (χ1) is 32.3. The number of nitrogens with two attached hydrogens (primary N) is 1. The van der Waals surface area contributed by atoms with Crippen LogP contribution in [0.2, 0.25) is 0 Å². The van der Waals surface area contributed by atoms with E-state index in [9.17, 15) is 19.0 Å². The van der Waals surface area contributed by atoms with Crippen molar-refractivity contribution in [3.63, 3.8) is 0 Å². The van der Waals surface area contributed by atoms with Crippen LogP contribution in [0.3, 0.4) is 0 Å². The Labute approximate surface area is 405 Å². The standard InChI is InChI=1S/C56H100NO8P/c1-3-5-7-9-11-13-15-17-19-21-23-25-26-27-28-29-31-33-35-37-39-41-43-45-47-49-56(59)65-54(53-64-66(60,61)63-51-50-57)52-62-55(58)48-46-44-42-40-38-36-34-32-30-24-22-20-18-16-14-12-10-8-6-4-2/h5,7,11,13,17,19,23,25,27-28,31,33,54H,3-4,6,8-10,12,14-16,18,20-22,24,26,29-30,32,34-53,57H2,1-2H3,(H,60,61)/b7-5-,13-11-,19-17-,25-23-,28-27-,33-31-. The summed E-state index contributed by atoms with van der Waals surface area (Å²) in [6, 6.07) is 0. The van der Waals surface area contributed by atoms with Gasteiger partial charge in [0.2, 0.25) is 0 Å². The number of rotatable bonds is 50. The Hall–Kier alpha value is -2.55. The highest BCUT2D eigenvalue weighted by molar-refractivity contribution is 7.47. The topological polar surface area (TPSA) is 134 Å². The number of unbranched alkanes of at least 4 members (excludes halogenated alkanes) is 25. The maximum Gasteiger partial charge on any atom is 0.472 e. The second-order valence-corrected chi connectivity index (χ2v) is 19.2. The zero-order valence-electron chi connectivity index (χ0n) is 42.4. The average Bonchev–Trinajstić information content (AvgIpc) is 3.31. The number of carbonyl (C=O) groups is 2. The van der Waals surface area contributed by atoms with Crippen molar-refractivity contribution in [1.29, 1.82) is 0 Å². The van der Waals surface area contributed by atoms with Gasteiger partial charge in [-0.1, -0.05) is 234 Å². The number of allylic oxidation sites excluding steroid dienone is 12. The molecule has 66 heavy (non-hydrogen) atoms. The number of hydrogen-bond donors (Lipinski definition) is 2. The molecule has 0 aromatic heterocycles. The Balaban J connectivity index is 4.07. The molecule has 2 atom stereocenters. The predicted octanol–water partition coefficient (Wildman–Crippen LogP) is 16.6. The van der Waals surface area contributed by atoms with Crippen molar-refractivity contribution >= 4 is 19.8 Å². The summed E-state index contributed by atoms with van der Waals surface area (Å²) < 4.78 is 33.0. The molecule has 0 fully saturated rings. The van der Waals surface area contributed by atoms with E-state index in [2.05, 4.69) is 86.8 Å². The molecule has 10 heteroatoms. The van der Waals surface area contributed by atoms with Crippen LogP contribution >= 0.6 is 7.82 Å². The Morgan fingerprint density at radius 1 is 0.470 bits per heavy atom. The van der Waals surface area contributed by atoms with E-state index in [0.29, 0.717) is 6.42 Å². The van der Waals surface area contributed by atoms with Gasteiger partial charge in [-0.3, -0.25) is 18.6 Å². The van der Waals surface area contributed by atoms with Crippen molar-refractivity contribution in [2.75, 3.05) is 26.4 Å². The summed E-state index contributed by atoms with van der Waals surface area (Å²) in [6.45, 7) is 3.63. The van der Waals surface area contributed by atoms with E-state index in [1.54, 1.807) is 0 Å². The lowest BCUT2D eigenvalue weighted by Crippen LogP contribution is -2.29. The second kappa shape index (κ2) is 51.8. The van der Waals surface area contributed by atoms with Crippen LogP contribution in [-0.4, -0.2) is 49.3 Å². The molecule has 0 radical (unpaired) electrons. The molecule has 0 bridgehead atoms. The van der Waals surface area contributed by atoms with Gasteiger partial charge in [-0.25, -0.2) is 4.57 Å². The molecule has 0 rings (SSSR count). The highest BCUT2D eigenvalue weighted by Crippen LogP contribution is 2.43. The lowest BCUT2D eigenvalue weighted by atomic mass is 10.0. The SMILES string of the molecule is CC/C=C\C/C=C\C/C=C\C/C=C\C/C=C\C/C=C\CCCCCCCCC(=O)OC(COC(=O)CCCCCCCCCCCCCCCCCCCCCC)COP(=O)(O)OCCN. The summed E-state index contributed by atoms with van der Waals surface area (Å²) >= 11 is 0. The van der Waals surface area contributed by atoms with E-state index in [0.717, 1.165) is 96.3 Å². The number of phosphoric ester groups is 1. The predicted molar refractivity (Wildman–Crippen MR) is 279 cm³/mol. The van der Waals surface area contributed by atoms with E-state index in [4.69, 9.17) is 24.3 Å². The fraction of sp³-hybridized carbons (Fsp3) is 0.750. The number of esters is 2. The third-order valence-electron chi connectivity index (χ3n) is 11.4. The zero-order valence-corrected chi connectivity index (χ0v) is 43.3. The van der Waals surface area contributed by atoms with Gasteiger partial charge in [0.1, 0.15) is 6.61 Å². The smallest absolute Gasteiger partial charge is 0.462 e. The molecule has 2 unspecified atom stereocenters. The van der Waals surface area contributed by atoms with Gasteiger partial charge < -0.3 is 20.1 Å². The summed E-state index contributed by atoms with van der Waals surface area (Å²) in [5.41, 5.74) is 5.37. The first-order valence-electron chi connectivity index (χ1n) is 26.9. The van der Waals surface area contributed by atoms with Crippen molar-refractivity contribution < 1.29 is 37.6 Å². The Bertz CT molecular complexity index is 1310. The van der Waals surface area contributed by atoms with Crippen LogP contribution in [0.1, 0.15) is 239 Å². The van der Waals surface area contributed by atoms with Crippen LogP contribution < -0.4 is 5.73 Å². The molecule has 0 aromatic rings. The minimum atomic E-state index is -4.39. The molecule has 382 valence electrons. The van der Waals surface area contributed by atoms with Gasteiger partial charge in [0.25, 0.3) is 0 Å². The van der Waals surface area contributed by atoms with Crippen molar-refractivity contribution in [2.45, 2.75) is 245 Å². The van der Waals surface area contributed by atoms with Crippen LogP contribution in [0, 0.1) is 0 Å². The molecule has 0 heterocycles. The van der Waals surface area contributed by atoms with Gasteiger partial charge in [-0.05, 0) is 64.2 Å². The van der Waals surface area contributed by atoms with Crippen LogP contribution in [0.25, 0.3) is 0 Å². The molecule has 3 N–H and O–H groups in total. The Morgan fingerprint density at radius 2 is 0.833 bits per heavy atom. The first-order valence-corrected chi connectivity index (χ1v) is 28.4. The van der Waals surface area contributed by atoms with E-state index >= 15 is 0 Å². The molecular weight excluding hydrogens is 846 g/mol. The first kappa shape index (κ1) is 63.5. The van der Waals surface area contributed by atoms with Crippen LogP contribution in [-0.2, 0) is 32.7 Å². The van der Waals surface area contributed by atoms with Gasteiger partial charge in [0.05, 0.1) is 13.2 Å². The normalized spacial score (nSPS) is 13.7. The molecule has 9 nitrogen and oxygen atoms in total. The Kier molecular flexibility index (Phi) is 49.8. The second-order valence-electron chi connectivity index (χ2n) is 17.7.